The Morgan fingerprint density at radius 3 is 2.89 bits per heavy atom. The zero-order valence-electron chi connectivity index (χ0n) is 16.8. The normalized spacial score (nSPS) is 17.1. The van der Waals surface area contributed by atoms with Crippen LogP contribution in [0.1, 0.15) is 24.5 Å². The maximum Gasteiger partial charge on any atom is 0.191 e. The summed E-state index contributed by atoms with van der Waals surface area (Å²) in [5.74, 6) is 1.66. The summed E-state index contributed by atoms with van der Waals surface area (Å²) in [6, 6.07) is 6.25. The fourth-order valence-electron chi connectivity index (χ4n) is 2.68. The lowest BCUT2D eigenvalue weighted by Crippen LogP contribution is -2.39. The third kappa shape index (κ3) is 8.15. The second-order valence-electron chi connectivity index (χ2n) is 6.44. The van der Waals surface area contributed by atoms with Crippen molar-refractivity contribution in [3.63, 3.8) is 0 Å². The minimum absolute atomic E-state index is 0.130. The summed E-state index contributed by atoms with van der Waals surface area (Å²) in [4.78, 5) is 4.69. The van der Waals surface area contributed by atoms with Crippen LogP contribution >= 0.6 is 0 Å². The Labute approximate surface area is 162 Å². The van der Waals surface area contributed by atoms with Gasteiger partial charge in [0.25, 0.3) is 0 Å². The lowest BCUT2D eigenvalue weighted by atomic mass is 10.1. The number of hydrogen-bond acceptors (Lipinski definition) is 5. The number of nitrogens with zero attached hydrogens (tertiary/aromatic N) is 1. The predicted octanol–water partition coefficient (Wildman–Crippen LogP) is 1.88. The third-order valence-corrected chi connectivity index (χ3v) is 4.13. The Balaban J connectivity index is 1.91. The molecule has 1 aromatic rings. The highest BCUT2D eigenvalue weighted by Crippen LogP contribution is 2.24. The highest BCUT2D eigenvalue weighted by molar-refractivity contribution is 5.79. The second kappa shape index (κ2) is 12.5. The molecular formula is C20H33N3O4. The zero-order chi connectivity index (χ0) is 19.3. The minimum Gasteiger partial charge on any atom is -0.488 e. The van der Waals surface area contributed by atoms with Crippen LogP contribution in [0.4, 0.5) is 0 Å². The van der Waals surface area contributed by atoms with Gasteiger partial charge in [-0.15, -0.1) is 0 Å². The molecule has 7 nitrogen and oxygen atoms in total. The summed E-state index contributed by atoms with van der Waals surface area (Å²) in [6.45, 7) is 9.38. The van der Waals surface area contributed by atoms with Crippen LogP contribution < -0.4 is 15.4 Å². The largest absolute Gasteiger partial charge is 0.488 e. The van der Waals surface area contributed by atoms with Crippen LogP contribution in [0.5, 0.6) is 5.75 Å². The fraction of sp³-hybridized carbons (Fsp3) is 0.650. The van der Waals surface area contributed by atoms with Crippen molar-refractivity contribution in [3.05, 3.63) is 29.3 Å². The van der Waals surface area contributed by atoms with Gasteiger partial charge in [0.15, 0.2) is 5.96 Å². The molecule has 0 radical (unpaired) electrons. The molecule has 1 fully saturated rings. The Morgan fingerprint density at radius 1 is 1.26 bits per heavy atom. The zero-order valence-corrected chi connectivity index (χ0v) is 16.8. The van der Waals surface area contributed by atoms with Crippen molar-refractivity contribution in [1.82, 2.24) is 10.6 Å². The number of guanidine groups is 1. The van der Waals surface area contributed by atoms with E-state index in [0.717, 1.165) is 36.8 Å². The van der Waals surface area contributed by atoms with E-state index in [0.29, 0.717) is 39.5 Å². The van der Waals surface area contributed by atoms with E-state index in [2.05, 4.69) is 40.7 Å². The topological polar surface area (TPSA) is 73.3 Å². The van der Waals surface area contributed by atoms with Crippen LogP contribution in [-0.2, 0) is 20.8 Å². The van der Waals surface area contributed by atoms with Gasteiger partial charge >= 0.3 is 0 Å². The SMILES string of the molecule is CCNC(=NCc1ccc(C)cc1OC1CCOC1)NCCOCCOC. The Hall–Kier alpha value is -1.83. The molecule has 1 saturated heterocycles. The molecule has 27 heavy (non-hydrogen) atoms. The van der Waals surface area contributed by atoms with E-state index in [1.807, 2.05) is 6.92 Å². The lowest BCUT2D eigenvalue weighted by molar-refractivity contribution is 0.0733. The van der Waals surface area contributed by atoms with Crippen LogP contribution in [0.15, 0.2) is 23.2 Å². The van der Waals surface area contributed by atoms with E-state index < -0.39 is 0 Å². The van der Waals surface area contributed by atoms with Gasteiger partial charge in [-0.1, -0.05) is 12.1 Å². The summed E-state index contributed by atoms with van der Waals surface area (Å²) in [6.07, 6.45) is 1.06. The molecule has 0 aliphatic carbocycles. The first-order valence-corrected chi connectivity index (χ1v) is 9.65. The molecule has 7 heteroatoms. The molecular weight excluding hydrogens is 346 g/mol. The summed E-state index contributed by atoms with van der Waals surface area (Å²) < 4.78 is 22.0. The van der Waals surface area contributed by atoms with Crippen LogP contribution in [0, 0.1) is 6.92 Å². The first kappa shape index (κ1) is 21.5. The quantitative estimate of drug-likeness (QED) is 0.347. The first-order valence-electron chi connectivity index (χ1n) is 9.65. The average Bonchev–Trinajstić information content (AvgIpc) is 3.16. The van der Waals surface area contributed by atoms with Gasteiger partial charge < -0.3 is 29.6 Å². The van der Waals surface area contributed by atoms with Crippen molar-refractivity contribution < 1.29 is 18.9 Å². The maximum atomic E-state index is 6.15. The number of aryl methyl sites for hydroxylation is 1. The molecule has 1 atom stereocenters. The number of rotatable bonds is 11. The summed E-state index contributed by atoms with van der Waals surface area (Å²) in [5.41, 5.74) is 2.25. The van der Waals surface area contributed by atoms with Gasteiger partial charge in [0.1, 0.15) is 11.9 Å². The van der Waals surface area contributed by atoms with E-state index in [-0.39, 0.29) is 6.10 Å². The van der Waals surface area contributed by atoms with Gasteiger partial charge in [-0.3, -0.25) is 0 Å². The molecule has 2 N–H and O–H groups in total. The lowest BCUT2D eigenvalue weighted by Gasteiger charge is -2.16. The minimum atomic E-state index is 0.130. The van der Waals surface area contributed by atoms with Crippen LogP contribution in [0.3, 0.4) is 0 Å². The van der Waals surface area contributed by atoms with Gasteiger partial charge in [-0.2, -0.15) is 0 Å². The van der Waals surface area contributed by atoms with Gasteiger partial charge in [0, 0.05) is 32.2 Å². The van der Waals surface area contributed by atoms with E-state index >= 15 is 0 Å². The van der Waals surface area contributed by atoms with Crippen molar-refractivity contribution in [3.8, 4) is 5.75 Å². The summed E-state index contributed by atoms with van der Waals surface area (Å²) in [5, 5.41) is 6.54. The van der Waals surface area contributed by atoms with Gasteiger partial charge in [0.2, 0.25) is 0 Å². The maximum absolute atomic E-state index is 6.15. The monoisotopic (exact) mass is 379 g/mol. The number of nitrogens with one attached hydrogen (secondary N) is 2. The van der Waals surface area contributed by atoms with Crippen LogP contribution in [-0.4, -0.2) is 65.3 Å². The smallest absolute Gasteiger partial charge is 0.191 e. The average molecular weight is 380 g/mol. The Kier molecular flexibility index (Phi) is 9.97. The second-order valence-corrected chi connectivity index (χ2v) is 6.44. The van der Waals surface area contributed by atoms with Crippen molar-refractivity contribution in [2.24, 2.45) is 4.99 Å². The van der Waals surface area contributed by atoms with Gasteiger partial charge in [-0.25, -0.2) is 4.99 Å². The molecule has 1 aliphatic heterocycles. The highest BCUT2D eigenvalue weighted by Gasteiger charge is 2.18. The molecule has 1 unspecified atom stereocenters. The number of ether oxygens (including phenoxy) is 4. The standard InChI is InChI=1S/C20H33N3O4/c1-4-21-20(22-8-10-25-12-11-24-3)23-14-17-6-5-16(2)13-19(17)27-18-7-9-26-15-18/h5-6,13,18H,4,7-12,14-15H2,1-3H3,(H2,21,22,23). The van der Waals surface area contributed by atoms with Crippen molar-refractivity contribution in [2.45, 2.75) is 32.9 Å². The molecule has 1 aromatic carbocycles. The Morgan fingerprint density at radius 2 is 2.15 bits per heavy atom. The molecule has 1 heterocycles. The Bertz CT molecular complexity index is 574. The molecule has 0 aromatic heterocycles. The molecule has 0 spiro atoms. The molecule has 2 rings (SSSR count). The molecule has 0 amide bonds. The van der Waals surface area contributed by atoms with E-state index in [1.165, 1.54) is 5.56 Å². The van der Waals surface area contributed by atoms with Gasteiger partial charge in [-0.05, 0) is 25.5 Å². The van der Waals surface area contributed by atoms with Crippen molar-refractivity contribution in [2.75, 3.05) is 53.2 Å². The van der Waals surface area contributed by atoms with Crippen LogP contribution in [0.2, 0.25) is 0 Å². The van der Waals surface area contributed by atoms with Crippen molar-refractivity contribution >= 4 is 5.96 Å². The predicted molar refractivity (Wildman–Crippen MR) is 107 cm³/mol. The third-order valence-electron chi connectivity index (χ3n) is 4.13. The van der Waals surface area contributed by atoms with E-state index in [4.69, 9.17) is 18.9 Å². The number of aliphatic imine (C=N–C) groups is 1. The van der Waals surface area contributed by atoms with Crippen LogP contribution in [0.25, 0.3) is 0 Å². The highest BCUT2D eigenvalue weighted by atomic mass is 16.5. The molecule has 152 valence electrons. The number of methoxy groups -OCH3 is 1. The van der Waals surface area contributed by atoms with E-state index in [9.17, 15) is 0 Å². The van der Waals surface area contributed by atoms with Gasteiger partial charge in [0.05, 0.1) is 39.6 Å². The number of benzene rings is 1. The van der Waals surface area contributed by atoms with E-state index in [1.54, 1.807) is 7.11 Å². The molecule has 0 bridgehead atoms. The molecule has 0 saturated carbocycles. The fourth-order valence-corrected chi connectivity index (χ4v) is 2.68. The van der Waals surface area contributed by atoms with Crippen molar-refractivity contribution in [1.29, 1.82) is 0 Å². The first-order chi connectivity index (χ1) is 13.2. The summed E-state index contributed by atoms with van der Waals surface area (Å²) >= 11 is 0. The summed E-state index contributed by atoms with van der Waals surface area (Å²) in [7, 11) is 1.67. The number of hydrogen-bond donors (Lipinski definition) is 2. The molecule has 1 aliphatic rings.